The van der Waals surface area contributed by atoms with Crippen molar-refractivity contribution in [1.29, 1.82) is 0 Å². The predicted octanol–water partition coefficient (Wildman–Crippen LogP) is 3.86. The molecule has 4 rings (SSSR count). The van der Waals surface area contributed by atoms with E-state index in [0.717, 1.165) is 10.9 Å². The molecule has 3 aromatic carbocycles. The van der Waals surface area contributed by atoms with Gasteiger partial charge in [-0.15, -0.1) is 0 Å². The monoisotopic (exact) mass is 448 g/mol. The van der Waals surface area contributed by atoms with Gasteiger partial charge >= 0.3 is 5.97 Å². The number of aromatic amines is 1. The maximum atomic E-state index is 13.5. The van der Waals surface area contributed by atoms with Gasteiger partial charge in [0.05, 0.1) is 10.5 Å². The number of Topliss-reactive ketones (excluding diaryl/α,β-unsaturated/α-hetero) is 1. The molecule has 7 nitrogen and oxygen atoms in total. The Bertz CT molecular complexity index is 1390. The third-order valence-corrected chi connectivity index (χ3v) is 6.48. The van der Waals surface area contributed by atoms with Gasteiger partial charge in [-0.05, 0) is 31.3 Å². The molecule has 4 aromatic rings. The Labute approximate surface area is 185 Å². The van der Waals surface area contributed by atoms with Gasteiger partial charge in [0.2, 0.25) is 15.8 Å². The second kappa shape index (κ2) is 8.78. The Balaban J connectivity index is 1.70. The number of hydrogen-bond acceptors (Lipinski definition) is 5. The van der Waals surface area contributed by atoms with Crippen molar-refractivity contribution in [3.05, 3.63) is 102 Å². The van der Waals surface area contributed by atoms with Gasteiger partial charge < -0.3 is 9.72 Å². The highest BCUT2D eigenvalue weighted by Crippen LogP contribution is 2.28. The Kier molecular flexibility index (Phi) is 5.89. The van der Waals surface area contributed by atoms with E-state index in [1.54, 1.807) is 36.5 Å². The van der Waals surface area contributed by atoms with Crippen LogP contribution in [0.25, 0.3) is 10.9 Å². The highest BCUT2D eigenvalue weighted by molar-refractivity contribution is 7.89. The number of H-pyrrole nitrogens is 1. The second-order valence-electron chi connectivity index (χ2n) is 7.04. The lowest BCUT2D eigenvalue weighted by Crippen LogP contribution is -2.21. The molecule has 1 heterocycles. The molecular formula is C24H20N2O5S. The third kappa shape index (κ3) is 4.18. The summed E-state index contributed by atoms with van der Waals surface area (Å²) in [5.41, 5.74) is 1.72. The smallest absolute Gasteiger partial charge is 0.339 e. The third-order valence-electron chi connectivity index (χ3n) is 5.07. The van der Waals surface area contributed by atoms with Crippen molar-refractivity contribution in [2.45, 2.75) is 11.0 Å². The first-order chi connectivity index (χ1) is 15.4. The van der Waals surface area contributed by atoms with Crippen LogP contribution in [0.4, 0.5) is 0 Å². The maximum Gasteiger partial charge on any atom is 0.339 e. The minimum atomic E-state index is -3.74. The van der Waals surface area contributed by atoms with Crippen molar-refractivity contribution >= 4 is 32.7 Å². The van der Waals surface area contributed by atoms with E-state index in [1.807, 2.05) is 24.3 Å². The first kappa shape index (κ1) is 21.5. The molecule has 8 heteroatoms. The molecule has 0 fully saturated rings. The summed E-state index contributed by atoms with van der Waals surface area (Å²) in [6.07, 6.45) is 0.393. The van der Waals surface area contributed by atoms with E-state index in [0.29, 0.717) is 11.1 Å². The average molecular weight is 449 g/mol. The molecule has 0 saturated carbocycles. The number of ether oxygens (including phenoxy) is 1. The number of aromatic nitrogens is 1. The molecule has 0 aliphatic rings. The van der Waals surface area contributed by atoms with Crippen LogP contribution in [0.1, 0.15) is 32.4 Å². The number of carbonyl (C=O) groups excluding carboxylic acids is 2. The van der Waals surface area contributed by atoms with Crippen LogP contribution in [-0.2, 0) is 14.8 Å². The summed E-state index contributed by atoms with van der Waals surface area (Å²) in [5, 5.41) is 0.719. The number of rotatable bonds is 7. The number of benzene rings is 3. The maximum absolute atomic E-state index is 13.5. The molecular weight excluding hydrogens is 428 g/mol. The first-order valence-corrected chi connectivity index (χ1v) is 11.3. The van der Waals surface area contributed by atoms with E-state index < -0.39 is 22.1 Å². The zero-order chi connectivity index (χ0) is 22.7. The van der Waals surface area contributed by atoms with Crippen LogP contribution in [0, 0.1) is 0 Å². The van der Waals surface area contributed by atoms with Gasteiger partial charge in [-0.1, -0.05) is 54.6 Å². The molecule has 0 saturated heterocycles. The Morgan fingerprint density at radius 1 is 0.938 bits per heavy atom. The molecule has 0 aliphatic heterocycles. The number of sulfonamides is 1. The van der Waals surface area contributed by atoms with Gasteiger partial charge in [0.15, 0.2) is 6.10 Å². The summed E-state index contributed by atoms with van der Waals surface area (Å²) in [6.45, 7) is 0. The van der Waals surface area contributed by atoms with Crippen LogP contribution < -0.4 is 4.72 Å². The number of esters is 1. The van der Waals surface area contributed by atoms with Crippen molar-refractivity contribution in [2.75, 3.05) is 7.05 Å². The summed E-state index contributed by atoms with van der Waals surface area (Å²) in [4.78, 5) is 29.4. The normalized spacial score (nSPS) is 12.4. The van der Waals surface area contributed by atoms with Crippen molar-refractivity contribution in [3.8, 4) is 0 Å². The van der Waals surface area contributed by atoms with Crippen LogP contribution in [0.5, 0.6) is 0 Å². The minimum Gasteiger partial charge on any atom is -0.445 e. The Hall–Kier alpha value is -3.75. The van der Waals surface area contributed by atoms with E-state index in [9.17, 15) is 18.0 Å². The van der Waals surface area contributed by atoms with Gasteiger partial charge in [-0.2, -0.15) is 0 Å². The zero-order valence-electron chi connectivity index (χ0n) is 17.1. The second-order valence-corrected chi connectivity index (χ2v) is 8.93. The summed E-state index contributed by atoms with van der Waals surface area (Å²) in [7, 11) is -2.46. The van der Waals surface area contributed by atoms with E-state index in [4.69, 9.17) is 4.74 Å². The molecule has 162 valence electrons. The van der Waals surface area contributed by atoms with Crippen LogP contribution in [0.2, 0.25) is 0 Å². The number of ketones is 1. The molecule has 0 bridgehead atoms. The predicted molar refractivity (Wildman–Crippen MR) is 120 cm³/mol. The van der Waals surface area contributed by atoms with Crippen molar-refractivity contribution < 1.29 is 22.7 Å². The largest absolute Gasteiger partial charge is 0.445 e. The molecule has 1 aromatic heterocycles. The molecule has 0 radical (unpaired) electrons. The fourth-order valence-electron chi connectivity index (χ4n) is 3.40. The Morgan fingerprint density at radius 3 is 2.41 bits per heavy atom. The summed E-state index contributed by atoms with van der Waals surface area (Å²) in [6, 6.07) is 21.5. The van der Waals surface area contributed by atoms with Gasteiger partial charge in [0.25, 0.3) is 0 Å². The number of nitrogens with one attached hydrogen (secondary N) is 2. The van der Waals surface area contributed by atoms with Gasteiger partial charge in [-0.25, -0.2) is 17.9 Å². The van der Waals surface area contributed by atoms with Gasteiger partial charge in [0.1, 0.15) is 0 Å². The van der Waals surface area contributed by atoms with Crippen LogP contribution in [0.3, 0.4) is 0 Å². The van der Waals surface area contributed by atoms with E-state index in [-0.39, 0.29) is 16.2 Å². The lowest BCUT2D eigenvalue weighted by Gasteiger charge is -2.17. The van der Waals surface area contributed by atoms with Crippen molar-refractivity contribution in [1.82, 2.24) is 9.71 Å². The molecule has 0 spiro atoms. The fraction of sp³-hybridized carbons (Fsp3) is 0.0833. The highest BCUT2D eigenvalue weighted by Gasteiger charge is 2.29. The van der Waals surface area contributed by atoms with Gasteiger partial charge in [0, 0.05) is 28.2 Å². The summed E-state index contributed by atoms with van der Waals surface area (Å²) >= 11 is 0. The zero-order valence-corrected chi connectivity index (χ0v) is 17.9. The molecule has 0 unspecified atom stereocenters. The molecule has 2 N–H and O–H groups in total. The summed E-state index contributed by atoms with van der Waals surface area (Å²) < 4.78 is 32.0. The lowest BCUT2D eigenvalue weighted by molar-refractivity contribution is 0.0280. The van der Waals surface area contributed by atoms with Crippen LogP contribution >= 0.6 is 0 Å². The molecule has 1 atom stereocenters. The standard InChI is InChI=1S/C24H20N2O5S/c1-25-32(29,30)18-11-7-10-17(14-18)24(28)31-23(16-8-3-2-4-9-16)22(27)20-15-26-21-13-6-5-12-19(20)21/h2-15,23,25-26H,1H3/t23-/m0/s1. The lowest BCUT2D eigenvalue weighted by atomic mass is 9.99. The van der Waals surface area contributed by atoms with E-state index in [1.165, 1.54) is 31.3 Å². The fourth-order valence-corrected chi connectivity index (χ4v) is 4.18. The summed E-state index contributed by atoms with van der Waals surface area (Å²) in [5.74, 6) is -1.19. The van der Waals surface area contributed by atoms with E-state index >= 15 is 0 Å². The molecule has 0 amide bonds. The number of para-hydroxylation sites is 1. The average Bonchev–Trinajstić information content (AvgIpc) is 3.27. The Morgan fingerprint density at radius 2 is 1.66 bits per heavy atom. The SMILES string of the molecule is CNS(=O)(=O)c1cccc(C(=O)O[C@H](C(=O)c2c[nH]c3ccccc23)c2ccccc2)c1. The van der Waals surface area contributed by atoms with Crippen LogP contribution in [0.15, 0.2) is 90.0 Å². The number of carbonyl (C=O) groups is 2. The molecule has 32 heavy (non-hydrogen) atoms. The number of fused-ring (bicyclic) bond motifs is 1. The van der Waals surface area contributed by atoms with E-state index in [2.05, 4.69) is 9.71 Å². The van der Waals surface area contributed by atoms with Crippen molar-refractivity contribution in [2.24, 2.45) is 0 Å². The number of hydrogen-bond donors (Lipinski definition) is 2. The molecule has 0 aliphatic carbocycles. The topological polar surface area (TPSA) is 105 Å². The van der Waals surface area contributed by atoms with Gasteiger partial charge in [-0.3, -0.25) is 4.79 Å². The van der Waals surface area contributed by atoms with Crippen molar-refractivity contribution in [3.63, 3.8) is 0 Å². The highest BCUT2D eigenvalue weighted by atomic mass is 32.2. The quantitative estimate of drug-likeness (QED) is 0.330. The van der Waals surface area contributed by atoms with Crippen LogP contribution in [-0.4, -0.2) is 32.2 Å². The first-order valence-electron chi connectivity index (χ1n) is 9.80. The minimum absolute atomic E-state index is 0.0222.